The van der Waals surface area contributed by atoms with Crippen molar-refractivity contribution in [2.75, 3.05) is 43.4 Å². The molecule has 0 bridgehead atoms. The topological polar surface area (TPSA) is 122 Å². The van der Waals surface area contributed by atoms with Gasteiger partial charge in [0, 0.05) is 54.1 Å². The summed E-state index contributed by atoms with van der Waals surface area (Å²) in [6, 6.07) is 12.0. The van der Waals surface area contributed by atoms with Gasteiger partial charge >= 0.3 is 0 Å². The maximum absolute atomic E-state index is 10.1. The van der Waals surface area contributed by atoms with Crippen LogP contribution >= 0.6 is 0 Å². The quantitative estimate of drug-likeness (QED) is 0.319. The first-order chi connectivity index (χ1) is 16.7. The molecule has 172 valence electrons. The lowest BCUT2D eigenvalue weighted by Gasteiger charge is -2.35. The fraction of sp³-hybridized carbons (Fsp3) is 0.250. The molecule has 4 N–H and O–H groups in total. The second-order valence-electron chi connectivity index (χ2n) is 8.62. The molecule has 2 aromatic carbocycles. The van der Waals surface area contributed by atoms with E-state index in [9.17, 15) is 5.11 Å². The van der Waals surface area contributed by atoms with Crippen LogP contribution in [0.15, 0.2) is 48.8 Å². The molecule has 3 aromatic heterocycles. The second-order valence-corrected chi connectivity index (χ2v) is 8.62. The van der Waals surface area contributed by atoms with Gasteiger partial charge in [0.05, 0.1) is 24.5 Å². The van der Waals surface area contributed by atoms with Crippen LogP contribution in [-0.2, 0) is 6.61 Å². The molecule has 1 aliphatic heterocycles. The third kappa shape index (κ3) is 3.72. The van der Waals surface area contributed by atoms with E-state index >= 15 is 0 Å². The van der Waals surface area contributed by atoms with Gasteiger partial charge in [0.1, 0.15) is 11.0 Å². The average molecular weight is 456 g/mol. The van der Waals surface area contributed by atoms with Gasteiger partial charge in [0.15, 0.2) is 11.6 Å². The Bertz CT molecular complexity index is 1470. The molecule has 0 saturated carbocycles. The van der Waals surface area contributed by atoms with Gasteiger partial charge in [0.2, 0.25) is 0 Å². The van der Waals surface area contributed by atoms with E-state index in [1.807, 2.05) is 30.3 Å². The molecule has 10 heteroatoms. The van der Waals surface area contributed by atoms with Crippen LogP contribution in [0.3, 0.4) is 0 Å². The van der Waals surface area contributed by atoms with Crippen LogP contribution in [0.1, 0.15) is 5.56 Å². The summed E-state index contributed by atoms with van der Waals surface area (Å²) in [6.45, 7) is 3.88. The number of nitrogens with zero attached hydrogens (tertiary/aromatic N) is 6. The standard InChI is InChI=1S/C24H25N9O/c1-32-6-8-33(9-7-32)21-5-4-18(10-17(21)14-34)27-24-22-20(13-26-31-22)28-23(29-24)15-2-3-16-12-25-30-19(16)11-15/h2-5,10-13,34H,6-9,14H2,1H3,(H,25,30)(H,26,31)(H,27,28,29). The Hall–Kier alpha value is -4.02. The molecule has 4 heterocycles. The predicted molar refractivity (Wildman–Crippen MR) is 132 cm³/mol. The van der Waals surface area contributed by atoms with E-state index in [4.69, 9.17) is 4.98 Å². The average Bonchev–Trinajstić information content (AvgIpc) is 3.53. The summed E-state index contributed by atoms with van der Waals surface area (Å²) in [6.07, 6.45) is 3.48. The number of aliphatic hydroxyl groups excluding tert-OH is 1. The van der Waals surface area contributed by atoms with Crippen LogP contribution in [0, 0.1) is 0 Å². The zero-order chi connectivity index (χ0) is 23.1. The maximum atomic E-state index is 10.1. The van der Waals surface area contributed by atoms with E-state index in [1.54, 1.807) is 12.4 Å². The van der Waals surface area contributed by atoms with Crippen molar-refractivity contribution >= 4 is 39.1 Å². The number of aliphatic hydroxyl groups is 1. The van der Waals surface area contributed by atoms with Crippen LogP contribution in [0.5, 0.6) is 0 Å². The van der Waals surface area contributed by atoms with E-state index in [1.165, 1.54) is 0 Å². The molecular weight excluding hydrogens is 430 g/mol. The Morgan fingerprint density at radius 3 is 2.68 bits per heavy atom. The van der Waals surface area contributed by atoms with Gasteiger partial charge in [-0.1, -0.05) is 12.1 Å². The molecule has 1 fully saturated rings. The number of hydrogen-bond donors (Lipinski definition) is 4. The molecule has 0 atom stereocenters. The summed E-state index contributed by atoms with van der Waals surface area (Å²) in [4.78, 5) is 14.1. The lowest BCUT2D eigenvalue weighted by atomic mass is 10.1. The number of rotatable bonds is 5. The summed E-state index contributed by atoms with van der Waals surface area (Å²) in [5.41, 5.74) is 6.04. The number of nitrogens with one attached hydrogen (secondary N) is 3. The summed E-state index contributed by atoms with van der Waals surface area (Å²) in [7, 11) is 2.14. The molecule has 1 saturated heterocycles. The maximum Gasteiger partial charge on any atom is 0.162 e. The van der Waals surface area contributed by atoms with E-state index in [0.29, 0.717) is 17.2 Å². The lowest BCUT2D eigenvalue weighted by molar-refractivity contribution is 0.280. The number of likely N-dealkylation sites (N-methyl/N-ethyl adjacent to an activating group) is 1. The Balaban J connectivity index is 1.35. The number of piperazine rings is 1. The van der Waals surface area contributed by atoms with Crippen molar-refractivity contribution in [3.8, 4) is 11.4 Å². The van der Waals surface area contributed by atoms with E-state index < -0.39 is 0 Å². The highest BCUT2D eigenvalue weighted by Crippen LogP contribution is 2.30. The minimum Gasteiger partial charge on any atom is -0.392 e. The molecule has 0 radical (unpaired) electrons. The van der Waals surface area contributed by atoms with Gasteiger partial charge in [0.25, 0.3) is 0 Å². The molecule has 0 spiro atoms. The zero-order valence-electron chi connectivity index (χ0n) is 18.8. The SMILES string of the molecule is CN1CCN(c2ccc(Nc3nc(-c4ccc5cn[nH]c5c4)nc4cn[nH]c34)cc2CO)CC1. The first-order valence-corrected chi connectivity index (χ1v) is 11.3. The summed E-state index contributed by atoms with van der Waals surface area (Å²) < 4.78 is 0. The fourth-order valence-electron chi connectivity index (χ4n) is 4.42. The largest absolute Gasteiger partial charge is 0.392 e. The molecule has 0 unspecified atom stereocenters. The molecule has 10 nitrogen and oxygen atoms in total. The van der Waals surface area contributed by atoms with Crippen molar-refractivity contribution in [1.29, 1.82) is 0 Å². The van der Waals surface area contributed by atoms with Gasteiger partial charge in [-0.25, -0.2) is 9.97 Å². The molecule has 0 aliphatic carbocycles. The van der Waals surface area contributed by atoms with E-state index in [-0.39, 0.29) is 6.61 Å². The number of hydrogen-bond acceptors (Lipinski definition) is 8. The highest BCUT2D eigenvalue weighted by Gasteiger charge is 2.18. The van der Waals surface area contributed by atoms with Crippen molar-refractivity contribution in [3.05, 3.63) is 54.4 Å². The number of fused-ring (bicyclic) bond motifs is 2. The van der Waals surface area contributed by atoms with Crippen LogP contribution in [-0.4, -0.2) is 73.6 Å². The Morgan fingerprint density at radius 2 is 1.82 bits per heavy atom. The van der Waals surface area contributed by atoms with Gasteiger partial charge in [-0.15, -0.1) is 0 Å². The Labute approximate surface area is 195 Å². The molecule has 6 rings (SSSR count). The predicted octanol–water partition coefficient (Wildman–Crippen LogP) is 2.88. The first kappa shape index (κ1) is 20.6. The minimum atomic E-state index is -0.0319. The van der Waals surface area contributed by atoms with Crippen molar-refractivity contribution in [1.82, 2.24) is 35.3 Å². The van der Waals surface area contributed by atoms with Gasteiger partial charge in [-0.05, 0) is 31.3 Å². The van der Waals surface area contributed by atoms with Gasteiger partial charge < -0.3 is 20.2 Å². The summed E-state index contributed by atoms with van der Waals surface area (Å²) >= 11 is 0. The van der Waals surface area contributed by atoms with Crippen LogP contribution in [0.2, 0.25) is 0 Å². The van der Waals surface area contributed by atoms with Crippen molar-refractivity contribution in [2.24, 2.45) is 0 Å². The van der Waals surface area contributed by atoms with Gasteiger partial charge in [-0.3, -0.25) is 10.2 Å². The van der Waals surface area contributed by atoms with Crippen LogP contribution in [0.25, 0.3) is 33.3 Å². The summed E-state index contributed by atoms with van der Waals surface area (Å²) in [5.74, 6) is 1.21. The fourth-order valence-corrected chi connectivity index (χ4v) is 4.42. The Kier molecular flexibility index (Phi) is 5.08. The Morgan fingerprint density at radius 1 is 0.971 bits per heavy atom. The van der Waals surface area contributed by atoms with E-state index in [2.05, 4.69) is 53.6 Å². The highest BCUT2D eigenvalue weighted by atomic mass is 16.3. The number of H-pyrrole nitrogens is 2. The monoisotopic (exact) mass is 455 g/mol. The lowest BCUT2D eigenvalue weighted by Crippen LogP contribution is -2.44. The number of anilines is 3. The number of aromatic amines is 2. The van der Waals surface area contributed by atoms with Crippen molar-refractivity contribution in [3.63, 3.8) is 0 Å². The van der Waals surface area contributed by atoms with Gasteiger partial charge in [-0.2, -0.15) is 10.2 Å². The zero-order valence-corrected chi connectivity index (χ0v) is 18.8. The van der Waals surface area contributed by atoms with Crippen molar-refractivity contribution in [2.45, 2.75) is 6.61 Å². The van der Waals surface area contributed by atoms with Crippen LogP contribution < -0.4 is 10.2 Å². The minimum absolute atomic E-state index is 0.0319. The molecule has 0 amide bonds. The van der Waals surface area contributed by atoms with E-state index in [0.717, 1.165) is 65.1 Å². The number of benzene rings is 2. The number of aromatic nitrogens is 6. The highest BCUT2D eigenvalue weighted by molar-refractivity contribution is 5.90. The molecule has 1 aliphatic rings. The summed E-state index contributed by atoms with van der Waals surface area (Å²) in [5, 5.41) is 28.8. The molecule has 34 heavy (non-hydrogen) atoms. The molecule has 5 aromatic rings. The third-order valence-electron chi connectivity index (χ3n) is 6.36. The normalized spacial score (nSPS) is 14.8. The van der Waals surface area contributed by atoms with Crippen LogP contribution in [0.4, 0.5) is 17.2 Å². The smallest absolute Gasteiger partial charge is 0.162 e. The van der Waals surface area contributed by atoms with Crippen molar-refractivity contribution < 1.29 is 5.11 Å². The first-order valence-electron chi connectivity index (χ1n) is 11.3. The molecular formula is C24H25N9O. The third-order valence-corrected chi connectivity index (χ3v) is 6.36. The second kappa shape index (κ2) is 8.40.